The fourth-order valence-corrected chi connectivity index (χ4v) is 3.75. The molecular weight excluding hydrogens is 332 g/mol. The molecule has 2 aromatic heterocycles. The highest BCUT2D eigenvalue weighted by molar-refractivity contribution is 7.89. The second-order valence-corrected chi connectivity index (χ2v) is 7.89. The molecule has 0 spiro atoms. The van der Waals surface area contributed by atoms with E-state index in [0.29, 0.717) is 10.9 Å². The van der Waals surface area contributed by atoms with Crippen molar-refractivity contribution in [2.75, 3.05) is 13.1 Å². The Morgan fingerprint density at radius 2 is 2.24 bits per heavy atom. The van der Waals surface area contributed by atoms with E-state index in [0.717, 1.165) is 18.0 Å². The quantitative estimate of drug-likeness (QED) is 0.712. The maximum Gasteiger partial charge on any atom is 0.244 e. The molecule has 6 nitrogen and oxygen atoms in total. The number of nitrogens with zero attached hydrogens (tertiary/aromatic N) is 2. The molecule has 2 heterocycles. The molecule has 0 aliphatic carbocycles. The SMILES string of the molecule is CCNCCn1cc(S(=O)(=O)NCc2ccc(Cl)s2)cn1. The highest BCUT2D eigenvalue weighted by atomic mass is 35.5. The van der Waals surface area contributed by atoms with Crippen molar-refractivity contribution in [3.8, 4) is 0 Å². The third kappa shape index (κ3) is 4.79. The minimum absolute atomic E-state index is 0.168. The molecule has 0 saturated carbocycles. The van der Waals surface area contributed by atoms with Crippen molar-refractivity contribution >= 4 is 33.0 Å². The first kappa shape index (κ1) is 16.4. The first-order chi connectivity index (χ1) is 10.0. The van der Waals surface area contributed by atoms with E-state index in [1.54, 1.807) is 16.8 Å². The summed E-state index contributed by atoms with van der Waals surface area (Å²) in [7, 11) is -3.55. The highest BCUT2D eigenvalue weighted by Gasteiger charge is 2.16. The zero-order valence-corrected chi connectivity index (χ0v) is 13.9. The second kappa shape index (κ2) is 7.37. The molecule has 0 aromatic carbocycles. The van der Waals surface area contributed by atoms with Crippen molar-refractivity contribution in [3.63, 3.8) is 0 Å². The van der Waals surface area contributed by atoms with Crippen LogP contribution in [0.25, 0.3) is 0 Å². The summed E-state index contributed by atoms with van der Waals surface area (Å²) in [6.07, 6.45) is 2.89. The minimum Gasteiger partial charge on any atom is -0.315 e. The lowest BCUT2D eigenvalue weighted by Gasteiger charge is -2.03. The number of thiophene rings is 1. The summed E-state index contributed by atoms with van der Waals surface area (Å²) in [5.74, 6) is 0. The van der Waals surface area contributed by atoms with E-state index in [1.165, 1.54) is 23.7 Å². The second-order valence-electron chi connectivity index (χ2n) is 4.32. The van der Waals surface area contributed by atoms with Crippen LogP contribution in [0, 0.1) is 0 Å². The lowest BCUT2D eigenvalue weighted by molar-refractivity contribution is 0.563. The van der Waals surface area contributed by atoms with Crippen molar-refractivity contribution in [1.29, 1.82) is 0 Å². The van der Waals surface area contributed by atoms with Crippen LogP contribution in [0.3, 0.4) is 0 Å². The molecule has 2 rings (SSSR count). The molecule has 0 atom stereocenters. The maximum absolute atomic E-state index is 12.1. The van der Waals surface area contributed by atoms with Gasteiger partial charge in [0.15, 0.2) is 0 Å². The van der Waals surface area contributed by atoms with Crippen molar-refractivity contribution < 1.29 is 8.42 Å². The average Bonchev–Trinajstić information content (AvgIpc) is 3.06. The monoisotopic (exact) mass is 348 g/mol. The summed E-state index contributed by atoms with van der Waals surface area (Å²) in [5.41, 5.74) is 0. The third-order valence-electron chi connectivity index (χ3n) is 2.75. The van der Waals surface area contributed by atoms with Gasteiger partial charge in [0.25, 0.3) is 0 Å². The van der Waals surface area contributed by atoms with Gasteiger partial charge in [-0.3, -0.25) is 4.68 Å². The van der Waals surface area contributed by atoms with Crippen LogP contribution in [0.2, 0.25) is 4.34 Å². The van der Waals surface area contributed by atoms with E-state index in [4.69, 9.17) is 11.6 Å². The Kier molecular flexibility index (Phi) is 5.77. The molecule has 2 N–H and O–H groups in total. The first-order valence-corrected chi connectivity index (χ1v) is 9.16. The number of likely N-dealkylation sites (N-methyl/N-ethyl adjacent to an activating group) is 1. The van der Waals surface area contributed by atoms with Crippen LogP contribution in [0.15, 0.2) is 29.4 Å². The number of hydrogen-bond donors (Lipinski definition) is 2. The third-order valence-corrected chi connectivity index (χ3v) is 5.34. The van der Waals surface area contributed by atoms with Gasteiger partial charge >= 0.3 is 0 Å². The van der Waals surface area contributed by atoms with E-state index >= 15 is 0 Å². The molecule has 116 valence electrons. The molecule has 0 amide bonds. The van der Waals surface area contributed by atoms with E-state index in [2.05, 4.69) is 15.1 Å². The van der Waals surface area contributed by atoms with Crippen LogP contribution in [-0.4, -0.2) is 31.3 Å². The van der Waals surface area contributed by atoms with Crippen LogP contribution in [0.4, 0.5) is 0 Å². The van der Waals surface area contributed by atoms with Crippen LogP contribution in [0.1, 0.15) is 11.8 Å². The van der Waals surface area contributed by atoms with Gasteiger partial charge in [0, 0.05) is 24.2 Å². The van der Waals surface area contributed by atoms with Gasteiger partial charge in [0.1, 0.15) is 4.90 Å². The van der Waals surface area contributed by atoms with E-state index < -0.39 is 10.0 Å². The maximum atomic E-state index is 12.1. The fraction of sp³-hybridized carbons (Fsp3) is 0.417. The van der Waals surface area contributed by atoms with Crippen LogP contribution < -0.4 is 10.0 Å². The molecule has 0 aliphatic rings. The highest BCUT2D eigenvalue weighted by Crippen LogP contribution is 2.21. The van der Waals surface area contributed by atoms with Gasteiger partial charge in [0.05, 0.1) is 17.1 Å². The summed E-state index contributed by atoms with van der Waals surface area (Å²) in [6.45, 7) is 4.49. The summed E-state index contributed by atoms with van der Waals surface area (Å²) >= 11 is 7.17. The lowest BCUT2D eigenvalue weighted by Crippen LogP contribution is -2.22. The summed E-state index contributed by atoms with van der Waals surface area (Å²) < 4.78 is 29.1. The Hall–Kier alpha value is -0.930. The number of sulfonamides is 1. The zero-order valence-electron chi connectivity index (χ0n) is 11.5. The van der Waals surface area contributed by atoms with Crippen LogP contribution in [0.5, 0.6) is 0 Å². The van der Waals surface area contributed by atoms with Crippen molar-refractivity contribution in [2.24, 2.45) is 0 Å². The zero-order chi connectivity index (χ0) is 15.3. The van der Waals surface area contributed by atoms with Crippen molar-refractivity contribution in [2.45, 2.75) is 24.9 Å². The standard InChI is InChI=1S/C12H17ClN4O2S2/c1-2-14-5-6-17-9-11(8-15-17)21(18,19)16-7-10-3-4-12(13)20-10/h3-4,8-9,14,16H,2,5-7H2,1H3. The lowest BCUT2D eigenvalue weighted by atomic mass is 10.5. The molecule has 9 heteroatoms. The molecule has 2 aromatic rings. The number of aromatic nitrogens is 2. The van der Waals surface area contributed by atoms with Gasteiger partial charge in [-0.05, 0) is 18.7 Å². The predicted molar refractivity (Wildman–Crippen MR) is 84.1 cm³/mol. The predicted octanol–water partition coefficient (Wildman–Crippen LogP) is 1.69. The Labute approximate surface area is 133 Å². The topological polar surface area (TPSA) is 76.0 Å². The van der Waals surface area contributed by atoms with Gasteiger partial charge in [-0.1, -0.05) is 18.5 Å². The smallest absolute Gasteiger partial charge is 0.244 e. The molecule has 0 aliphatic heterocycles. The van der Waals surface area contributed by atoms with Gasteiger partial charge < -0.3 is 5.32 Å². The summed E-state index contributed by atoms with van der Waals surface area (Å²) in [6, 6.07) is 3.55. The van der Waals surface area contributed by atoms with Gasteiger partial charge in [0.2, 0.25) is 10.0 Å². The molecular formula is C12H17ClN4O2S2. The Bertz CT molecular complexity index is 681. The van der Waals surface area contributed by atoms with Crippen LogP contribution in [-0.2, 0) is 23.1 Å². The molecule has 0 bridgehead atoms. The van der Waals surface area contributed by atoms with Gasteiger partial charge in [-0.25, -0.2) is 13.1 Å². The fourth-order valence-electron chi connectivity index (χ4n) is 1.67. The summed E-state index contributed by atoms with van der Waals surface area (Å²) in [4.78, 5) is 1.03. The van der Waals surface area contributed by atoms with Crippen LogP contribution >= 0.6 is 22.9 Å². The van der Waals surface area contributed by atoms with E-state index in [-0.39, 0.29) is 11.4 Å². The first-order valence-electron chi connectivity index (χ1n) is 6.48. The van der Waals surface area contributed by atoms with Gasteiger partial charge in [-0.2, -0.15) is 5.10 Å². The molecule has 21 heavy (non-hydrogen) atoms. The van der Waals surface area contributed by atoms with E-state index in [9.17, 15) is 8.42 Å². The summed E-state index contributed by atoms with van der Waals surface area (Å²) in [5, 5.41) is 7.21. The number of rotatable bonds is 8. The molecule has 0 radical (unpaired) electrons. The Balaban J connectivity index is 1.95. The largest absolute Gasteiger partial charge is 0.315 e. The molecule has 0 fully saturated rings. The number of halogens is 1. The minimum atomic E-state index is -3.55. The Morgan fingerprint density at radius 1 is 1.43 bits per heavy atom. The van der Waals surface area contributed by atoms with Gasteiger partial charge in [-0.15, -0.1) is 11.3 Å². The number of nitrogens with one attached hydrogen (secondary N) is 2. The Morgan fingerprint density at radius 3 is 2.90 bits per heavy atom. The van der Waals surface area contributed by atoms with Crippen molar-refractivity contribution in [3.05, 3.63) is 33.7 Å². The molecule has 0 saturated heterocycles. The van der Waals surface area contributed by atoms with E-state index in [1.807, 2.05) is 6.92 Å². The number of hydrogen-bond acceptors (Lipinski definition) is 5. The van der Waals surface area contributed by atoms with Crippen molar-refractivity contribution in [1.82, 2.24) is 19.8 Å². The average molecular weight is 349 g/mol. The molecule has 0 unspecified atom stereocenters. The normalized spacial score (nSPS) is 11.9.